The zero-order valence-electron chi connectivity index (χ0n) is 16.6. The monoisotopic (exact) mass is 403 g/mol. The van der Waals surface area contributed by atoms with E-state index in [2.05, 4.69) is 38.9 Å². The first kappa shape index (κ1) is 19.4. The molecule has 3 N–H and O–H groups in total. The van der Waals surface area contributed by atoms with Crippen LogP contribution in [0.4, 0.5) is 11.5 Å². The number of fused-ring (bicyclic) bond motifs is 3. The molecule has 8 heteroatoms. The molecule has 2 aromatic heterocycles. The SMILES string of the molecule is CCn1c2ccccc2c2cc(NC(=O)[C@H](C)OC(=O)c3nccnc3N)ccc21. The van der Waals surface area contributed by atoms with E-state index in [1.807, 2.05) is 30.3 Å². The number of carbonyl (C=O) groups excluding carboxylic acids is 2. The first-order chi connectivity index (χ1) is 14.5. The number of benzene rings is 2. The molecule has 2 heterocycles. The van der Waals surface area contributed by atoms with Crippen molar-refractivity contribution in [3.05, 3.63) is 60.6 Å². The lowest BCUT2D eigenvalue weighted by Gasteiger charge is -2.14. The second-order valence-corrected chi connectivity index (χ2v) is 6.82. The third-order valence-corrected chi connectivity index (χ3v) is 4.93. The summed E-state index contributed by atoms with van der Waals surface area (Å²) >= 11 is 0. The van der Waals surface area contributed by atoms with E-state index in [-0.39, 0.29) is 11.5 Å². The van der Waals surface area contributed by atoms with Gasteiger partial charge in [0.1, 0.15) is 0 Å². The number of nitrogens with two attached hydrogens (primary N) is 1. The number of amides is 1. The minimum Gasteiger partial charge on any atom is -0.448 e. The lowest BCUT2D eigenvalue weighted by Crippen LogP contribution is -2.30. The standard InChI is InChI=1S/C22H21N5O3/c1-3-27-17-7-5-4-6-15(17)16-12-14(8-9-18(16)27)26-21(28)13(2)30-22(29)19-20(23)25-11-10-24-19/h4-13H,3H2,1-2H3,(H2,23,25)(H,26,28)/t13-/m0/s1. The van der Waals surface area contributed by atoms with Crippen molar-refractivity contribution in [3.63, 3.8) is 0 Å². The third kappa shape index (κ3) is 3.43. The van der Waals surface area contributed by atoms with Gasteiger partial charge >= 0.3 is 5.97 Å². The molecule has 0 aliphatic rings. The zero-order valence-corrected chi connectivity index (χ0v) is 16.6. The number of nitrogens with zero attached hydrogens (tertiary/aromatic N) is 3. The molecule has 1 amide bonds. The van der Waals surface area contributed by atoms with Crippen molar-refractivity contribution in [2.75, 3.05) is 11.1 Å². The first-order valence-corrected chi connectivity index (χ1v) is 9.59. The van der Waals surface area contributed by atoms with Crippen molar-refractivity contribution in [3.8, 4) is 0 Å². The van der Waals surface area contributed by atoms with Crippen LogP contribution in [0.3, 0.4) is 0 Å². The maximum atomic E-state index is 12.6. The Morgan fingerprint density at radius 1 is 1.10 bits per heavy atom. The van der Waals surface area contributed by atoms with Gasteiger partial charge in [-0.1, -0.05) is 18.2 Å². The molecule has 0 unspecified atom stereocenters. The summed E-state index contributed by atoms with van der Waals surface area (Å²) in [6.07, 6.45) is 1.67. The number of nitrogens with one attached hydrogen (secondary N) is 1. The van der Waals surface area contributed by atoms with Gasteiger partial charge in [0.05, 0.1) is 0 Å². The quantitative estimate of drug-likeness (QED) is 0.494. The molecule has 4 rings (SSSR count). The van der Waals surface area contributed by atoms with Crippen LogP contribution in [0.2, 0.25) is 0 Å². The summed E-state index contributed by atoms with van der Waals surface area (Å²) in [4.78, 5) is 32.4. The molecule has 4 aromatic rings. The van der Waals surface area contributed by atoms with Gasteiger partial charge in [-0.3, -0.25) is 4.79 Å². The van der Waals surface area contributed by atoms with E-state index in [1.54, 1.807) is 0 Å². The predicted molar refractivity (Wildman–Crippen MR) is 115 cm³/mol. The topological polar surface area (TPSA) is 112 Å². The number of hydrogen-bond acceptors (Lipinski definition) is 6. The second-order valence-electron chi connectivity index (χ2n) is 6.82. The molecule has 1 atom stereocenters. The highest BCUT2D eigenvalue weighted by atomic mass is 16.5. The van der Waals surface area contributed by atoms with E-state index in [4.69, 9.17) is 10.5 Å². The zero-order chi connectivity index (χ0) is 21.3. The average Bonchev–Trinajstić information content (AvgIpc) is 3.07. The summed E-state index contributed by atoms with van der Waals surface area (Å²) < 4.78 is 7.42. The number of rotatable bonds is 5. The largest absolute Gasteiger partial charge is 0.448 e. The lowest BCUT2D eigenvalue weighted by atomic mass is 10.1. The lowest BCUT2D eigenvalue weighted by molar-refractivity contribution is -0.123. The minimum atomic E-state index is -1.04. The Labute approximate surface area is 172 Å². The van der Waals surface area contributed by atoms with Gasteiger partial charge in [-0.05, 0) is 38.1 Å². The van der Waals surface area contributed by atoms with Gasteiger partial charge < -0.3 is 20.4 Å². The van der Waals surface area contributed by atoms with Gasteiger partial charge in [-0.25, -0.2) is 14.8 Å². The molecule has 0 spiro atoms. The average molecular weight is 403 g/mol. The number of para-hydroxylation sites is 1. The highest BCUT2D eigenvalue weighted by Gasteiger charge is 2.22. The van der Waals surface area contributed by atoms with Crippen molar-refractivity contribution >= 4 is 45.2 Å². The number of aryl methyl sites for hydroxylation is 1. The Morgan fingerprint density at radius 3 is 2.60 bits per heavy atom. The molecule has 0 aliphatic carbocycles. The fraction of sp³-hybridized carbons (Fsp3) is 0.182. The number of ether oxygens (including phenoxy) is 1. The summed E-state index contributed by atoms with van der Waals surface area (Å²) in [5, 5.41) is 4.96. The number of esters is 1. The van der Waals surface area contributed by atoms with Gasteiger partial charge in [0.2, 0.25) is 0 Å². The smallest absolute Gasteiger partial charge is 0.361 e. The number of aromatic nitrogens is 3. The Hall–Kier alpha value is -3.94. The van der Waals surface area contributed by atoms with E-state index < -0.39 is 18.0 Å². The molecule has 30 heavy (non-hydrogen) atoms. The first-order valence-electron chi connectivity index (χ1n) is 9.59. The normalized spacial score (nSPS) is 12.1. The van der Waals surface area contributed by atoms with Crippen molar-refractivity contribution < 1.29 is 14.3 Å². The second kappa shape index (κ2) is 7.82. The number of hydrogen-bond donors (Lipinski definition) is 2. The molecule has 0 saturated carbocycles. The molecular weight excluding hydrogens is 382 g/mol. The number of anilines is 2. The van der Waals surface area contributed by atoms with Gasteiger partial charge in [0.15, 0.2) is 17.6 Å². The Kier molecular flexibility index (Phi) is 5.05. The van der Waals surface area contributed by atoms with Crippen molar-refractivity contribution in [2.45, 2.75) is 26.5 Å². The van der Waals surface area contributed by atoms with Crippen LogP contribution in [0, 0.1) is 0 Å². The molecule has 0 saturated heterocycles. The maximum absolute atomic E-state index is 12.6. The minimum absolute atomic E-state index is 0.0483. The highest BCUT2D eigenvalue weighted by molar-refractivity contribution is 6.10. The molecule has 0 radical (unpaired) electrons. The van der Waals surface area contributed by atoms with Gasteiger partial charge in [0, 0.05) is 46.4 Å². The summed E-state index contributed by atoms with van der Waals surface area (Å²) in [5.74, 6) is -1.30. The Balaban J connectivity index is 1.55. The summed E-state index contributed by atoms with van der Waals surface area (Å²) in [5.41, 5.74) is 8.36. The van der Waals surface area contributed by atoms with Crippen LogP contribution in [-0.4, -0.2) is 32.5 Å². The van der Waals surface area contributed by atoms with E-state index in [9.17, 15) is 9.59 Å². The van der Waals surface area contributed by atoms with Gasteiger partial charge in [-0.2, -0.15) is 0 Å². The predicted octanol–water partition coefficient (Wildman–Crippen LogP) is 3.37. The van der Waals surface area contributed by atoms with E-state index in [0.29, 0.717) is 5.69 Å². The van der Waals surface area contributed by atoms with Crippen LogP contribution in [0.25, 0.3) is 21.8 Å². The molecule has 152 valence electrons. The Morgan fingerprint density at radius 2 is 1.83 bits per heavy atom. The number of carbonyl (C=O) groups is 2. The summed E-state index contributed by atoms with van der Waals surface area (Å²) in [7, 11) is 0. The van der Waals surface area contributed by atoms with Crippen LogP contribution < -0.4 is 11.1 Å². The molecule has 8 nitrogen and oxygen atoms in total. The highest BCUT2D eigenvalue weighted by Crippen LogP contribution is 2.31. The van der Waals surface area contributed by atoms with Gasteiger partial charge in [-0.15, -0.1) is 0 Å². The Bertz CT molecular complexity index is 1260. The number of nitrogen functional groups attached to an aromatic ring is 1. The van der Waals surface area contributed by atoms with Crippen molar-refractivity contribution in [1.29, 1.82) is 0 Å². The summed E-state index contributed by atoms with van der Waals surface area (Å²) in [6.45, 7) is 4.43. The molecule has 0 bridgehead atoms. The third-order valence-electron chi connectivity index (χ3n) is 4.93. The summed E-state index contributed by atoms with van der Waals surface area (Å²) in [6, 6.07) is 13.9. The fourth-order valence-corrected chi connectivity index (χ4v) is 3.49. The van der Waals surface area contributed by atoms with Crippen LogP contribution in [0.1, 0.15) is 24.3 Å². The molecule has 2 aromatic carbocycles. The van der Waals surface area contributed by atoms with E-state index in [1.165, 1.54) is 19.3 Å². The van der Waals surface area contributed by atoms with Crippen LogP contribution in [0.5, 0.6) is 0 Å². The fourth-order valence-electron chi connectivity index (χ4n) is 3.49. The van der Waals surface area contributed by atoms with Crippen molar-refractivity contribution in [1.82, 2.24) is 14.5 Å². The maximum Gasteiger partial charge on any atom is 0.361 e. The van der Waals surface area contributed by atoms with E-state index in [0.717, 1.165) is 28.4 Å². The van der Waals surface area contributed by atoms with Crippen molar-refractivity contribution in [2.24, 2.45) is 0 Å². The van der Waals surface area contributed by atoms with Crippen LogP contribution >= 0.6 is 0 Å². The van der Waals surface area contributed by atoms with E-state index >= 15 is 0 Å². The molecule has 0 aliphatic heterocycles. The van der Waals surface area contributed by atoms with Crippen LogP contribution in [0.15, 0.2) is 54.9 Å². The van der Waals surface area contributed by atoms with Gasteiger partial charge in [0.25, 0.3) is 5.91 Å². The molecule has 0 fully saturated rings. The van der Waals surface area contributed by atoms with Crippen LogP contribution in [-0.2, 0) is 16.1 Å². The molecular formula is C22H21N5O3.